The summed E-state index contributed by atoms with van der Waals surface area (Å²) < 4.78 is 31.7. The molecule has 1 heterocycles. The van der Waals surface area contributed by atoms with E-state index in [1.54, 1.807) is 0 Å². The van der Waals surface area contributed by atoms with Gasteiger partial charge in [-0.05, 0) is 19.3 Å². The number of halogens is 3. The SMILES string of the molecule is CC(F)(F)c1cc(OC2CCC2)cc(Cl)n1. The predicted molar refractivity (Wildman–Crippen MR) is 57.1 cm³/mol. The number of nitrogens with zero attached hydrogens (tertiary/aromatic N) is 1. The van der Waals surface area contributed by atoms with E-state index in [1.165, 1.54) is 12.1 Å². The lowest BCUT2D eigenvalue weighted by molar-refractivity contribution is 0.0121. The fourth-order valence-electron chi connectivity index (χ4n) is 1.45. The Bertz CT molecular complexity index is 388. The van der Waals surface area contributed by atoms with Crippen molar-refractivity contribution in [2.24, 2.45) is 0 Å². The summed E-state index contributed by atoms with van der Waals surface area (Å²) in [5, 5.41) is 0.0355. The highest BCUT2D eigenvalue weighted by molar-refractivity contribution is 6.29. The standard InChI is InChI=1S/C11H12ClF2NO/c1-11(13,14)9-5-8(6-10(12)15-9)16-7-3-2-4-7/h5-7H,2-4H2,1H3. The quantitative estimate of drug-likeness (QED) is 0.759. The smallest absolute Gasteiger partial charge is 0.287 e. The van der Waals surface area contributed by atoms with E-state index in [-0.39, 0.29) is 17.0 Å². The van der Waals surface area contributed by atoms with E-state index in [1.807, 2.05) is 0 Å². The summed E-state index contributed by atoms with van der Waals surface area (Å²) in [7, 11) is 0. The molecule has 0 amide bonds. The minimum absolute atomic E-state index is 0.0355. The molecule has 0 bridgehead atoms. The molecule has 2 nitrogen and oxygen atoms in total. The number of ether oxygens (including phenoxy) is 1. The number of pyridine rings is 1. The Morgan fingerprint density at radius 1 is 1.44 bits per heavy atom. The van der Waals surface area contributed by atoms with Crippen LogP contribution < -0.4 is 4.74 Å². The topological polar surface area (TPSA) is 22.1 Å². The summed E-state index contributed by atoms with van der Waals surface area (Å²) in [6, 6.07) is 2.72. The Hall–Kier alpha value is -0.900. The second kappa shape index (κ2) is 4.17. The first-order chi connectivity index (χ1) is 7.45. The van der Waals surface area contributed by atoms with Gasteiger partial charge >= 0.3 is 0 Å². The molecule has 16 heavy (non-hydrogen) atoms. The van der Waals surface area contributed by atoms with Crippen molar-refractivity contribution >= 4 is 11.6 Å². The first-order valence-corrected chi connectivity index (χ1v) is 5.55. The van der Waals surface area contributed by atoms with E-state index in [9.17, 15) is 8.78 Å². The van der Waals surface area contributed by atoms with Crippen LogP contribution in [0.25, 0.3) is 0 Å². The molecule has 1 aliphatic carbocycles. The molecular formula is C11H12ClF2NO. The maximum Gasteiger partial charge on any atom is 0.287 e. The number of rotatable bonds is 3. The molecule has 1 aromatic rings. The Labute approximate surface area is 97.6 Å². The van der Waals surface area contributed by atoms with Gasteiger partial charge in [-0.2, -0.15) is 8.78 Å². The third kappa shape index (κ3) is 2.61. The molecule has 1 aromatic heterocycles. The Morgan fingerprint density at radius 2 is 2.12 bits per heavy atom. The van der Waals surface area contributed by atoms with Crippen molar-refractivity contribution in [1.82, 2.24) is 4.98 Å². The van der Waals surface area contributed by atoms with Crippen molar-refractivity contribution in [2.45, 2.75) is 38.2 Å². The lowest BCUT2D eigenvalue weighted by Crippen LogP contribution is -2.24. The van der Waals surface area contributed by atoms with Crippen LogP contribution in [0.4, 0.5) is 8.78 Å². The summed E-state index contributed by atoms with van der Waals surface area (Å²) >= 11 is 5.68. The van der Waals surface area contributed by atoms with E-state index in [0.717, 1.165) is 26.2 Å². The van der Waals surface area contributed by atoms with Crippen molar-refractivity contribution < 1.29 is 13.5 Å². The summed E-state index contributed by atoms with van der Waals surface area (Å²) in [5.41, 5.74) is -0.352. The fourth-order valence-corrected chi connectivity index (χ4v) is 1.65. The number of aromatic nitrogens is 1. The lowest BCUT2D eigenvalue weighted by atomic mass is 9.96. The first-order valence-electron chi connectivity index (χ1n) is 5.18. The first kappa shape index (κ1) is 11.6. The van der Waals surface area contributed by atoms with Gasteiger partial charge in [-0.3, -0.25) is 0 Å². The molecule has 0 atom stereocenters. The van der Waals surface area contributed by atoms with E-state index >= 15 is 0 Å². The number of hydrogen-bond donors (Lipinski definition) is 0. The molecule has 0 aromatic carbocycles. The monoisotopic (exact) mass is 247 g/mol. The Balaban J connectivity index is 2.21. The van der Waals surface area contributed by atoms with Crippen LogP contribution >= 0.6 is 11.6 Å². The normalized spacial score (nSPS) is 17.0. The third-order valence-electron chi connectivity index (χ3n) is 2.57. The Morgan fingerprint density at radius 3 is 2.62 bits per heavy atom. The average molecular weight is 248 g/mol. The van der Waals surface area contributed by atoms with Gasteiger partial charge in [0.25, 0.3) is 5.92 Å². The molecule has 0 unspecified atom stereocenters. The van der Waals surface area contributed by atoms with Crippen LogP contribution in [0.1, 0.15) is 31.9 Å². The molecule has 88 valence electrons. The van der Waals surface area contributed by atoms with Crippen molar-refractivity contribution in [2.75, 3.05) is 0 Å². The molecule has 2 rings (SSSR count). The van der Waals surface area contributed by atoms with Gasteiger partial charge in [-0.1, -0.05) is 11.6 Å². The summed E-state index contributed by atoms with van der Waals surface area (Å²) in [5.74, 6) is -2.62. The lowest BCUT2D eigenvalue weighted by Gasteiger charge is -2.26. The summed E-state index contributed by atoms with van der Waals surface area (Å²) in [6.07, 6.45) is 3.20. The van der Waals surface area contributed by atoms with Crippen molar-refractivity contribution in [1.29, 1.82) is 0 Å². The summed E-state index contributed by atoms with van der Waals surface area (Å²) in [6.45, 7) is 0.790. The number of hydrogen-bond acceptors (Lipinski definition) is 2. The van der Waals surface area contributed by atoms with Crippen LogP contribution in [-0.2, 0) is 5.92 Å². The maximum absolute atomic E-state index is 13.1. The van der Waals surface area contributed by atoms with E-state index < -0.39 is 5.92 Å². The van der Waals surface area contributed by atoms with Crippen molar-refractivity contribution in [3.63, 3.8) is 0 Å². The predicted octanol–water partition coefficient (Wildman–Crippen LogP) is 3.78. The van der Waals surface area contributed by atoms with Gasteiger partial charge in [0.2, 0.25) is 0 Å². The van der Waals surface area contributed by atoms with Gasteiger partial charge in [0.15, 0.2) is 0 Å². The second-order valence-electron chi connectivity index (χ2n) is 4.07. The van der Waals surface area contributed by atoms with Crippen LogP contribution in [0.5, 0.6) is 5.75 Å². The minimum Gasteiger partial charge on any atom is -0.490 e. The highest BCUT2D eigenvalue weighted by atomic mass is 35.5. The molecule has 0 N–H and O–H groups in total. The highest BCUT2D eigenvalue weighted by Crippen LogP contribution is 2.32. The second-order valence-corrected chi connectivity index (χ2v) is 4.46. The highest BCUT2D eigenvalue weighted by Gasteiger charge is 2.28. The minimum atomic E-state index is -3.00. The van der Waals surface area contributed by atoms with Crippen LogP contribution in [-0.4, -0.2) is 11.1 Å². The van der Waals surface area contributed by atoms with E-state index in [0.29, 0.717) is 5.75 Å². The van der Waals surface area contributed by atoms with Gasteiger partial charge in [0.1, 0.15) is 16.6 Å². The zero-order valence-corrected chi connectivity index (χ0v) is 9.60. The molecule has 1 fully saturated rings. The van der Waals surface area contributed by atoms with Crippen LogP contribution in [0, 0.1) is 0 Å². The average Bonchev–Trinajstić information content (AvgIpc) is 2.09. The molecule has 0 aliphatic heterocycles. The molecular weight excluding hydrogens is 236 g/mol. The summed E-state index contributed by atoms with van der Waals surface area (Å²) in [4.78, 5) is 3.59. The van der Waals surface area contributed by atoms with Gasteiger partial charge in [-0.15, -0.1) is 0 Å². The van der Waals surface area contributed by atoms with E-state index in [2.05, 4.69) is 4.98 Å². The van der Waals surface area contributed by atoms with Crippen LogP contribution in [0.15, 0.2) is 12.1 Å². The van der Waals surface area contributed by atoms with Gasteiger partial charge in [-0.25, -0.2) is 4.98 Å². The fraction of sp³-hybridized carbons (Fsp3) is 0.545. The molecule has 0 radical (unpaired) electrons. The van der Waals surface area contributed by atoms with Crippen LogP contribution in [0.3, 0.4) is 0 Å². The van der Waals surface area contributed by atoms with Gasteiger partial charge < -0.3 is 4.74 Å². The molecule has 0 saturated heterocycles. The molecule has 1 aliphatic rings. The zero-order chi connectivity index (χ0) is 11.8. The van der Waals surface area contributed by atoms with Crippen LogP contribution in [0.2, 0.25) is 5.15 Å². The van der Waals surface area contributed by atoms with Crippen molar-refractivity contribution in [3.8, 4) is 5.75 Å². The Kier molecular flexibility index (Phi) is 3.02. The van der Waals surface area contributed by atoms with Gasteiger partial charge in [0.05, 0.1) is 6.10 Å². The molecule has 0 spiro atoms. The third-order valence-corrected chi connectivity index (χ3v) is 2.77. The molecule has 1 saturated carbocycles. The van der Waals surface area contributed by atoms with E-state index in [4.69, 9.17) is 16.3 Å². The largest absolute Gasteiger partial charge is 0.490 e. The maximum atomic E-state index is 13.1. The number of alkyl halides is 2. The molecule has 5 heteroatoms. The van der Waals surface area contributed by atoms with Gasteiger partial charge in [0, 0.05) is 19.1 Å². The van der Waals surface area contributed by atoms with Crippen molar-refractivity contribution in [3.05, 3.63) is 23.0 Å². The zero-order valence-electron chi connectivity index (χ0n) is 8.84.